The number of amides is 2. The molecule has 1 fully saturated rings. The summed E-state index contributed by atoms with van der Waals surface area (Å²) in [5.41, 5.74) is 1.50. The topological polar surface area (TPSA) is 86.7 Å². The number of nitrogens with zero attached hydrogens (tertiary/aromatic N) is 1. The molecule has 1 aromatic rings. The van der Waals surface area contributed by atoms with Crippen LogP contribution in [-0.4, -0.2) is 55.2 Å². The van der Waals surface area contributed by atoms with Crippen molar-refractivity contribution in [2.75, 3.05) is 18.6 Å². The van der Waals surface area contributed by atoms with Crippen LogP contribution in [0.2, 0.25) is 10.0 Å². The number of benzene rings is 1. The van der Waals surface area contributed by atoms with Gasteiger partial charge in [-0.05, 0) is 29.7 Å². The summed E-state index contributed by atoms with van der Waals surface area (Å²) in [6.45, 7) is 0. The summed E-state index contributed by atoms with van der Waals surface area (Å²) in [6, 6.07) is 1.92. The zero-order valence-electron chi connectivity index (χ0n) is 13.0. The number of fused-ring (bicyclic) bond motifs is 1. The Morgan fingerprint density at radius 2 is 2.08 bits per heavy atom. The summed E-state index contributed by atoms with van der Waals surface area (Å²) in [5, 5.41) is 14.0. The van der Waals surface area contributed by atoms with E-state index >= 15 is 0 Å². The fourth-order valence-electron chi connectivity index (χ4n) is 3.41. The SMILES string of the molecule is CN(C(=O)NC1CCS(=O)(=O)C1)C1c2cc(Cl)cc(Cl)c2CC1O. The lowest BCUT2D eigenvalue weighted by Crippen LogP contribution is -2.46. The van der Waals surface area contributed by atoms with Gasteiger partial charge in [-0.3, -0.25) is 0 Å². The summed E-state index contributed by atoms with van der Waals surface area (Å²) in [4.78, 5) is 13.8. The van der Waals surface area contributed by atoms with Crippen molar-refractivity contribution in [2.45, 2.75) is 31.0 Å². The van der Waals surface area contributed by atoms with Crippen molar-refractivity contribution in [3.63, 3.8) is 0 Å². The number of aliphatic hydroxyl groups excluding tert-OH is 1. The molecule has 0 aromatic heterocycles. The number of sulfone groups is 1. The van der Waals surface area contributed by atoms with Gasteiger partial charge in [-0.25, -0.2) is 13.2 Å². The molecule has 3 rings (SSSR count). The van der Waals surface area contributed by atoms with Crippen LogP contribution in [0.1, 0.15) is 23.6 Å². The molecule has 1 saturated heterocycles. The van der Waals surface area contributed by atoms with Crippen LogP contribution in [0.25, 0.3) is 0 Å². The zero-order chi connectivity index (χ0) is 17.6. The normalized spacial score (nSPS) is 27.8. The van der Waals surface area contributed by atoms with Crippen molar-refractivity contribution in [1.29, 1.82) is 0 Å². The molecule has 1 aromatic carbocycles. The number of carbonyl (C=O) groups is 1. The van der Waals surface area contributed by atoms with E-state index in [1.54, 1.807) is 19.2 Å². The van der Waals surface area contributed by atoms with Gasteiger partial charge in [-0.15, -0.1) is 0 Å². The quantitative estimate of drug-likeness (QED) is 0.802. The highest BCUT2D eigenvalue weighted by Crippen LogP contribution is 2.40. The monoisotopic (exact) mass is 392 g/mol. The van der Waals surface area contributed by atoms with E-state index in [-0.39, 0.29) is 11.5 Å². The first-order valence-electron chi connectivity index (χ1n) is 7.57. The van der Waals surface area contributed by atoms with Gasteiger partial charge < -0.3 is 15.3 Å². The molecular weight excluding hydrogens is 375 g/mol. The van der Waals surface area contributed by atoms with Crippen LogP contribution in [0.5, 0.6) is 0 Å². The minimum Gasteiger partial charge on any atom is -0.390 e. The molecule has 1 heterocycles. The van der Waals surface area contributed by atoms with Crippen molar-refractivity contribution >= 4 is 39.1 Å². The Hall–Kier alpha value is -1.02. The number of rotatable bonds is 2. The van der Waals surface area contributed by atoms with Gasteiger partial charge in [0.2, 0.25) is 0 Å². The maximum absolute atomic E-state index is 12.5. The molecular formula is C15H18Cl2N2O4S. The number of halogens is 2. The number of hydrogen-bond acceptors (Lipinski definition) is 4. The fraction of sp³-hybridized carbons (Fsp3) is 0.533. The van der Waals surface area contributed by atoms with E-state index in [0.717, 1.165) is 11.1 Å². The van der Waals surface area contributed by atoms with Crippen LogP contribution in [0.4, 0.5) is 4.79 Å². The Kier molecular flexibility index (Phi) is 4.72. The molecule has 1 aliphatic heterocycles. The maximum atomic E-state index is 12.5. The predicted molar refractivity (Wildman–Crippen MR) is 92.3 cm³/mol. The van der Waals surface area contributed by atoms with E-state index in [1.165, 1.54) is 4.90 Å². The van der Waals surface area contributed by atoms with E-state index in [2.05, 4.69) is 5.32 Å². The maximum Gasteiger partial charge on any atom is 0.317 e. The number of nitrogens with one attached hydrogen (secondary N) is 1. The lowest BCUT2D eigenvalue weighted by atomic mass is 10.1. The minimum atomic E-state index is -3.07. The predicted octanol–water partition coefficient (Wildman–Crippen LogP) is 1.78. The first-order chi connectivity index (χ1) is 11.2. The number of urea groups is 1. The molecule has 0 spiro atoms. The molecule has 132 valence electrons. The third kappa shape index (κ3) is 3.35. The highest BCUT2D eigenvalue weighted by Gasteiger charge is 2.38. The molecule has 6 nitrogen and oxygen atoms in total. The first-order valence-corrected chi connectivity index (χ1v) is 10.2. The van der Waals surface area contributed by atoms with E-state index in [1.807, 2.05) is 0 Å². The van der Waals surface area contributed by atoms with Gasteiger partial charge in [0, 0.05) is 29.6 Å². The molecule has 2 N–H and O–H groups in total. The van der Waals surface area contributed by atoms with Crippen LogP contribution in [-0.2, 0) is 16.3 Å². The highest BCUT2D eigenvalue weighted by atomic mass is 35.5. The third-order valence-electron chi connectivity index (χ3n) is 4.59. The summed E-state index contributed by atoms with van der Waals surface area (Å²) in [5.74, 6) is 0.0375. The minimum absolute atomic E-state index is 0.0476. The molecule has 24 heavy (non-hydrogen) atoms. The molecule has 2 aliphatic rings. The summed E-state index contributed by atoms with van der Waals surface area (Å²) in [6.07, 6.45) is -0.0477. The number of carbonyl (C=O) groups excluding carboxylic acids is 1. The van der Waals surface area contributed by atoms with Crippen LogP contribution in [0.15, 0.2) is 12.1 Å². The van der Waals surface area contributed by atoms with E-state index in [4.69, 9.17) is 23.2 Å². The summed E-state index contributed by atoms with van der Waals surface area (Å²) in [7, 11) is -1.51. The molecule has 9 heteroatoms. The second kappa shape index (κ2) is 6.37. The van der Waals surface area contributed by atoms with Crippen molar-refractivity contribution in [3.8, 4) is 0 Å². The van der Waals surface area contributed by atoms with E-state index < -0.39 is 34.1 Å². The highest BCUT2D eigenvalue weighted by molar-refractivity contribution is 7.91. The van der Waals surface area contributed by atoms with Crippen LogP contribution in [0, 0.1) is 0 Å². The van der Waals surface area contributed by atoms with Gasteiger partial charge in [0.25, 0.3) is 0 Å². The lowest BCUT2D eigenvalue weighted by Gasteiger charge is -2.29. The van der Waals surface area contributed by atoms with Crippen LogP contribution in [0.3, 0.4) is 0 Å². The Balaban J connectivity index is 1.78. The average molecular weight is 393 g/mol. The molecule has 1 aliphatic carbocycles. The number of aliphatic hydroxyl groups is 1. The van der Waals surface area contributed by atoms with Gasteiger partial charge in [0.15, 0.2) is 9.84 Å². The summed E-state index contributed by atoms with van der Waals surface area (Å²) >= 11 is 12.2. The molecule has 2 amide bonds. The fourth-order valence-corrected chi connectivity index (χ4v) is 5.67. The molecule has 3 unspecified atom stereocenters. The van der Waals surface area contributed by atoms with Crippen molar-refractivity contribution in [1.82, 2.24) is 10.2 Å². The second-order valence-corrected chi connectivity index (χ2v) is 9.40. The standard InChI is InChI=1S/C15H18Cl2N2O4S/c1-19(15(21)18-9-2-3-24(22,23)7-9)14-11-4-8(16)5-12(17)10(11)6-13(14)20/h4-5,9,13-14,20H,2-3,6-7H2,1H3,(H,18,21). The Bertz CT molecular complexity index is 784. The Labute approximate surface area is 150 Å². The second-order valence-electron chi connectivity index (χ2n) is 6.33. The third-order valence-corrected chi connectivity index (χ3v) is 6.91. The van der Waals surface area contributed by atoms with Gasteiger partial charge in [0.1, 0.15) is 0 Å². The van der Waals surface area contributed by atoms with Crippen LogP contribution < -0.4 is 5.32 Å². The zero-order valence-corrected chi connectivity index (χ0v) is 15.3. The van der Waals surface area contributed by atoms with Gasteiger partial charge in [0.05, 0.1) is 23.7 Å². The Morgan fingerprint density at radius 3 is 2.71 bits per heavy atom. The van der Waals surface area contributed by atoms with Crippen LogP contribution >= 0.6 is 23.2 Å². The lowest BCUT2D eigenvalue weighted by molar-refractivity contribution is 0.0885. The largest absolute Gasteiger partial charge is 0.390 e. The smallest absolute Gasteiger partial charge is 0.317 e. The van der Waals surface area contributed by atoms with Gasteiger partial charge in [-0.1, -0.05) is 23.2 Å². The van der Waals surface area contributed by atoms with Gasteiger partial charge in [-0.2, -0.15) is 0 Å². The first kappa shape index (κ1) is 17.8. The Morgan fingerprint density at radius 1 is 1.38 bits per heavy atom. The van der Waals surface area contributed by atoms with Crippen molar-refractivity contribution < 1.29 is 18.3 Å². The summed E-state index contributed by atoms with van der Waals surface area (Å²) < 4.78 is 23.0. The molecule has 0 radical (unpaired) electrons. The van der Waals surface area contributed by atoms with Crippen molar-refractivity contribution in [3.05, 3.63) is 33.3 Å². The van der Waals surface area contributed by atoms with Crippen molar-refractivity contribution in [2.24, 2.45) is 0 Å². The number of hydrogen-bond donors (Lipinski definition) is 2. The molecule has 3 atom stereocenters. The molecule has 0 bridgehead atoms. The van der Waals surface area contributed by atoms with Gasteiger partial charge >= 0.3 is 6.03 Å². The molecule has 0 saturated carbocycles. The van der Waals surface area contributed by atoms with E-state index in [9.17, 15) is 18.3 Å². The average Bonchev–Trinajstić information content (AvgIpc) is 2.97. The number of likely N-dealkylation sites (N-methyl/N-ethyl adjacent to an activating group) is 1. The van der Waals surface area contributed by atoms with E-state index in [0.29, 0.717) is 22.9 Å².